The van der Waals surface area contributed by atoms with Crippen LogP contribution in [0, 0.1) is 5.82 Å². The molecular formula is C16H12FNOSe. The molecule has 3 aromatic rings. The number of nitrogens with zero attached hydrogens (tertiary/aromatic N) is 1. The van der Waals surface area contributed by atoms with Crippen LogP contribution < -0.4 is 4.46 Å². The van der Waals surface area contributed by atoms with E-state index in [1.807, 2.05) is 24.3 Å². The van der Waals surface area contributed by atoms with Crippen LogP contribution in [0.3, 0.4) is 0 Å². The Bertz CT molecular complexity index is 679. The zero-order chi connectivity index (χ0) is 13.8. The predicted molar refractivity (Wildman–Crippen MR) is 77.4 cm³/mol. The molecule has 0 saturated heterocycles. The number of halogens is 1. The molecule has 1 heterocycles. The van der Waals surface area contributed by atoms with Crippen LogP contribution in [0.1, 0.15) is 5.76 Å². The summed E-state index contributed by atoms with van der Waals surface area (Å²) < 4.78 is 19.6. The Kier molecular flexibility index (Phi) is 3.95. The van der Waals surface area contributed by atoms with Gasteiger partial charge in [-0.25, -0.2) is 0 Å². The van der Waals surface area contributed by atoms with Crippen LogP contribution in [0.5, 0.6) is 0 Å². The molecule has 3 rings (SSSR count). The molecule has 20 heavy (non-hydrogen) atoms. The van der Waals surface area contributed by atoms with E-state index in [-0.39, 0.29) is 5.82 Å². The van der Waals surface area contributed by atoms with Crippen LogP contribution in [0.25, 0.3) is 11.3 Å². The van der Waals surface area contributed by atoms with Crippen molar-refractivity contribution in [2.24, 2.45) is 0 Å². The molecule has 0 amide bonds. The number of benzene rings is 2. The van der Waals surface area contributed by atoms with Crippen molar-refractivity contribution in [3.8, 4) is 11.3 Å². The van der Waals surface area contributed by atoms with Gasteiger partial charge in [0.1, 0.15) is 0 Å². The molecule has 0 radical (unpaired) electrons. The summed E-state index contributed by atoms with van der Waals surface area (Å²) in [6.45, 7) is 0. The number of hydrogen-bond donors (Lipinski definition) is 0. The van der Waals surface area contributed by atoms with Crippen LogP contribution >= 0.6 is 0 Å². The average molecular weight is 332 g/mol. The summed E-state index contributed by atoms with van der Waals surface area (Å²) in [5.41, 5.74) is 1.62. The Labute approximate surface area is 122 Å². The second-order valence-electron chi connectivity index (χ2n) is 4.29. The predicted octanol–water partition coefficient (Wildman–Crippen LogP) is 3.01. The van der Waals surface area contributed by atoms with E-state index in [0.29, 0.717) is 15.0 Å². The summed E-state index contributed by atoms with van der Waals surface area (Å²) in [4.78, 5) is 0. The van der Waals surface area contributed by atoms with E-state index in [4.69, 9.17) is 4.52 Å². The van der Waals surface area contributed by atoms with Crippen molar-refractivity contribution in [3.63, 3.8) is 0 Å². The molecule has 0 saturated carbocycles. The van der Waals surface area contributed by atoms with Gasteiger partial charge in [0, 0.05) is 0 Å². The molecule has 2 aromatic carbocycles. The first-order chi connectivity index (χ1) is 9.81. The molecule has 2 nitrogen and oxygen atoms in total. The summed E-state index contributed by atoms with van der Waals surface area (Å²) in [5.74, 6) is 0.623. The third kappa shape index (κ3) is 3.16. The fraction of sp³-hybridized carbons (Fsp3) is 0.0625. The third-order valence-electron chi connectivity index (χ3n) is 2.82. The quantitative estimate of drug-likeness (QED) is 0.687. The molecule has 0 aliphatic heterocycles. The van der Waals surface area contributed by atoms with Gasteiger partial charge < -0.3 is 0 Å². The van der Waals surface area contributed by atoms with E-state index in [9.17, 15) is 4.39 Å². The van der Waals surface area contributed by atoms with E-state index in [1.54, 1.807) is 12.1 Å². The van der Waals surface area contributed by atoms with E-state index in [2.05, 4.69) is 17.3 Å². The molecule has 100 valence electrons. The Morgan fingerprint density at radius 3 is 2.50 bits per heavy atom. The number of hydrogen-bond acceptors (Lipinski definition) is 2. The Morgan fingerprint density at radius 2 is 1.75 bits per heavy atom. The molecule has 0 aliphatic carbocycles. The molecular weight excluding hydrogens is 320 g/mol. The molecule has 0 fully saturated rings. The van der Waals surface area contributed by atoms with E-state index in [1.165, 1.54) is 16.6 Å². The first kappa shape index (κ1) is 13.1. The fourth-order valence-electron chi connectivity index (χ4n) is 1.81. The standard InChI is InChI=1S/C16H12FNOSe/c17-13-8-6-12(7-9-13)16-10-14(19-18-16)11-20-15-4-2-1-3-5-15/h1-10H,11H2. The van der Waals surface area contributed by atoms with Gasteiger partial charge in [0.15, 0.2) is 0 Å². The van der Waals surface area contributed by atoms with Crippen molar-refractivity contribution >= 4 is 19.4 Å². The second kappa shape index (κ2) is 6.04. The van der Waals surface area contributed by atoms with Gasteiger partial charge in [0.25, 0.3) is 0 Å². The Morgan fingerprint density at radius 1 is 1.00 bits per heavy atom. The second-order valence-corrected chi connectivity index (χ2v) is 6.49. The van der Waals surface area contributed by atoms with Crippen LogP contribution in [0.2, 0.25) is 0 Å². The molecule has 0 atom stereocenters. The van der Waals surface area contributed by atoms with Gasteiger partial charge >= 0.3 is 122 Å². The third-order valence-corrected chi connectivity index (χ3v) is 4.99. The fourth-order valence-corrected chi connectivity index (χ4v) is 3.48. The van der Waals surface area contributed by atoms with Gasteiger partial charge in [-0.15, -0.1) is 0 Å². The minimum atomic E-state index is -0.245. The summed E-state index contributed by atoms with van der Waals surface area (Å²) >= 11 is 0.334. The summed E-state index contributed by atoms with van der Waals surface area (Å²) in [7, 11) is 0. The normalized spacial score (nSPS) is 10.7. The van der Waals surface area contributed by atoms with Gasteiger partial charge in [0.2, 0.25) is 0 Å². The Balaban J connectivity index is 1.69. The van der Waals surface area contributed by atoms with Gasteiger partial charge in [-0.3, -0.25) is 0 Å². The number of rotatable bonds is 4. The topological polar surface area (TPSA) is 26.0 Å². The average Bonchev–Trinajstić information content (AvgIpc) is 2.96. The maximum absolute atomic E-state index is 12.9. The van der Waals surface area contributed by atoms with Crippen molar-refractivity contribution in [3.05, 3.63) is 72.2 Å². The molecule has 0 aliphatic rings. The number of aromatic nitrogens is 1. The van der Waals surface area contributed by atoms with Crippen LogP contribution in [-0.2, 0) is 5.32 Å². The van der Waals surface area contributed by atoms with Crippen molar-refractivity contribution in [1.29, 1.82) is 0 Å². The van der Waals surface area contributed by atoms with Crippen molar-refractivity contribution in [2.45, 2.75) is 5.32 Å². The minimum absolute atomic E-state index is 0.245. The zero-order valence-corrected chi connectivity index (χ0v) is 12.3. The molecule has 0 spiro atoms. The van der Waals surface area contributed by atoms with Gasteiger partial charge in [0.05, 0.1) is 0 Å². The molecule has 0 unspecified atom stereocenters. The monoisotopic (exact) mass is 333 g/mol. The first-order valence-electron chi connectivity index (χ1n) is 6.21. The van der Waals surface area contributed by atoms with Crippen molar-refractivity contribution in [2.75, 3.05) is 0 Å². The van der Waals surface area contributed by atoms with E-state index in [0.717, 1.165) is 22.3 Å². The van der Waals surface area contributed by atoms with Crippen molar-refractivity contribution in [1.82, 2.24) is 5.16 Å². The molecule has 0 bridgehead atoms. The van der Waals surface area contributed by atoms with Gasteiger partial charge in [-0.2, -0.15) is 0 Å². The first-order valence-corrected chi connectivity index (χ1v) is 8.27. The SMILES string of the molecule is Fc1ccc(-c2cc(C[Se]c3ccccc3)on2)cc1. The summed E-state index contributed by atoms with van der Waals surface area (Å²) in [6, 6.07) is 18.5. The van der Waals surface area contributed by atoms with Crippen molar-refractivity contribution < 1.29 is 8.91 Å². The van der Waals surface area contributed by atoms with E-state index < -0.39 is 0 Å². The molecule has 1 aromatic heterocycles. The van der Waals surface area contributed by atoms with Crippen LogP contribution in [0.15, 0.2) is 65.2 Å². The van der Waals surface area contributed by atoms with Gasteiger partial charge in [-0.05, 0) is 0 Å². The summed E-state index contributed by atoms with van der Waals surface area (Å²) in [5, 5.41) is 4.91. The van der Waals surface area contributed by atoms with Gasteiger partial charge in [-0.1, -0.05) is 0 Å². The maximum atomic E-state index is 12.9. The van der Waals surface area contributed by atoms with Crippen LogP contribution in [-0.4, -0.2) is 20.1 Å². The molecule has 0 N–H and O–H groups in total. The molecule has 4 heteroatoms. The zero-order valence-electron chi connectivity index (χ0n) is 10.6. The van der Waals surface area contributed by atoms with E-state index >= 15 is 0 Å². The summed E-state index contributed by atoms with van der Waals surface area (Å²) in [6.07, 6.45) is 0. The Hall–Kier alpha value is -1.90. The van der Waals surface area contributed by atoms with Crippen LogP contribution in [0.4, 0.5) is 4.39 Å².